The molecule has 0 aromatic rings. The first kappa shape index (κ1) is 14.3. The van der Waals surface area contributed by atoms with E-state index in [0.29, 0.717) is 5.54 Å². The Bertz CT molecular complexity index is 276. The molecule has 2 aliphatic rings. The van der Waals surface area contributed by atoms with E-state index in [1.54, 1.807) is 0 Å². The minimum atomic E-state index is 0.317. The summed E-state index contributed by atoms with van der Waals surface area (Å²) in [6, 6.07) is 0.772. The normalized spacial score (nSPS) is 42.7. The number of nitrogens with two attached hydrogens (primary N) is 1. The maximum absolute atomic E-state index is 6.25. The largest absolute Gasteiger partial charge is 0.329 e. The molecule has 1 saturated carbocycles. The first-order valence-corrected chi connectivity index (χ1v) is 7.97. The van der Waals surface area contributed by atoms with Gasteiger partial charge in [0, 0.05) is 18.1 Å². The van der Waals surface area contributed by atoms with Crippen molar-refractivity contribution in [2.24, 2.45) is 23.5 Å². The van der Waals surface area contributed by atoms with Crippen LogP contribution < -0.4 is 5.73 Å². The highest BCUT2D eigenvalue weighted by Crippen LogP contribution is 2.43. The number of hydrogen-bond acceptors (Lipinski definition) is 2. The van der Waals surface area contributed by atoms with Gasteiger partial charge in [0.25, 0.3) is 0 Å². The highest BCUT2D eigenvalue weighted by atomic mass is 15.3. The Kier molecular flexibility index (Phi) is 4.38. The summed E-state index contributed by atoms with van der Waals surface area (Å²) in [7, 11) is 0. The Labute approximate surface area is 113 Å². The van der Waals surface area contributed by atoms with Crippen LogP contribution in [0.1, 0.15) is 59.8 Å². The van der Waals surface area contributed by atoms with Gasteiger partial charge in [-0.3, -0.25) is 4.90 Å². The van der Waals surface area contributed by atoms with Crippen molar-refractivity contribution in [1.29, 1.82) is 0 Å². The molecule has 0 aromatic carbocycles. The first-order chi connectivity index (χ1) is 8.50. The van der Waals surface area contributed by atoms with Crippen molar-refractivity contribution >= 4 is 0 Å². The zero-order valence-corrected chi connectivity index (χ0v) is 12.8. The van der Waals surface area contributed by atoms with Crippen LogP contribution in [0.5, 0.6) is 0 Å². The van der Waals surface area contributed by atoms with Crippen LogP contribution in [-0.2, 0) is 0 Å². The molecule has 18 heavy (non-hydrogen) atoms. The molecule has 0 aromatic heterocycles. The zero-order valence-electron chi connectivity index (χ0n) is 12.8. The minimum absolute atomic E-state index is 0.317. The maximum atomic E-state index is 6.25. The van der Waals surface area contributed by atoms with Crippen LogP contribution in [0.3, 0.4) is 0 Å². The molecule has 1 saturated heterocycles. The third-order valence-electron chi connectivity index (χ3n) is 5.80. The molecule has 2 nitrogen and oxygen atoms in total. The molecule has 1 aliphatic carbocycles. The topological polar surface area (TPSA) is 29.3 Å². The van der Waals surface area contributed by atoms with E-state index < -0.39 is 0 Å². The van der Waals surface area contributed by atoms with Crippen molar-refractivity contribution in [2.45, 2.75) is 71.4 Å². The van der Waals surface area contributed by atoms with Crippen LogP contribution in [0.15, 0.2) is 0 Å². The Morgan fingerprint density at radius 3 is 2.50 bits per heavy atom. The first-order valence-electron chi connectivity index (χ1n) is 7.97. The second-order valence-corrected chi connectivity index (χ2v) is 7.27. The quantitative estimate of drug-likeness (QED) is 0.835. The van der Waals surface area contributed by atoms with Crippen LogP contribution >= 0.6 is 0 Å². The number of rotatable bonds is 3. The summed E-state index contributed by atoms with van der Waals surface area (Å²) in [6.45, 7) is 11.7. The second-order valence-electron chi connectivity index (χ2n) is 7.27. The van der Waals surface area contributed by atoms with Gasteiger partial charge in [-0.25, -0.2) is 0 Å². The van der Waals surface area contributed by atoms with Crippen LogP contribution in [0.25, 0.3) is 0 Å². The number of hydrogen-bond donors (Lipinski definition) is 1. The van der Waals surface area contributed by atoms with Gasteiger partial charge in [-0.2, -0.15) is 0 Å². The third kappa shape index (κ3) is 2.46. The minimum Gasteiger partial charge on any atom is -0.329 e. The lowest BCUT2D eigenvalue weighted by molar-refractivity contribution is 0.000318. The Hall–Kier alpha value is -0.0800. The fourth-order valence-corrected chi connectivity index (χ4v) is 4.32. The molecule has 1 aliphatic heterocycles. The standard InChI is InChI=1S/C16H32N2/c1-12(2)15-6-5-9-18(15)16(11-17)8-7-13(3)14(4)10-16/h12-15H,5-11,17H2,1-4H3. The molecular formula is C16H32N2. The number of likely N-dealkylation sites (tertiary alicyclic amines) is 1. The molecule has 0 bridgehead atoms. The van der Waals surface area contributed by atoms with Crippen molar-refractivity contribution in [1.82, 2.24) is 4.90 Å². The molecule has 2 rings (SSSR count). The van der Waals surface area contributed by atoms with Gasteiger partial charge in [0.1, 0.15) is 0 Å². The van der Waals surface area contributed by atoms with Gasteiger partial charge in [0.2, 0.25) is 0 Å². The van der Waals surface area contributed by atoms with Crippen LogP contribution in [0.4, 0.5) is 0 Å². The van der Waals surface area contributed by atoms with Crippen molar-refractivity contribution in [3.63, 3.8) is 0 Å². The highest BCUT2D eigenvalue weighted by Gasteiger charge is 2.45. The summed E-state index contributed by atoms with van der Waals surface area (Å²) in [5, 5.41) is 0. The van der Waals surface area contributed by atoms with E-state index in [0.717, 1.165) is 30.3 Å². The fourth-order valence-electron chi connectivity index (χ4n) is 4.32. The lowest BCUT2D eigenvalue weighted by atomic mass is 9.70. The average molecular weight is 252 g/mol. The fraction of sp³-hybridized carbons (Fsp3) is 1.00. The highest BCUT2D eigenvalue weighted by molar-refractivity contribution is 5.02. The molecule has 0 amide bonds. The summed E-state index contributed by atoms with van der Waals surface area (Å²) < 4.78 is 0. The summed E-state index contributed by atoms with van der Waals surface area (Å²) in [5.74, 6) is 2.48. The van der Waals surface area contributed by atoms with Crippen LogP contribution in [0.2, 0.25) is 0 Å². The van der Waals surface area contributed by atoms with Gasteiger partial charge in [0.05, 0.1) is 0 Å². The molecule has 4 unspecified atom stereocenters. The average Bonchev–Trinajstić information content (AvgIpc) is 2.83. The van der Waals surface area contributed by atoms with Gasteiger partial charge in [-0.1, -0.05) is 27.7 Å². The lowest BCUT2D eigenvalue weighted by Gasteiger charge is -2.51. The van der Waals surface area contributed by atoms with E-state index in [-0.39, 0.29) is 0 Å². The molecule has 0 spiro atoms. The van der Waals surface area contributed by atoms with Crippen molar-refractivity contribution in [3.8, 4) is 0 Å². The van der Waals surface area contributed by atoms with E-state index in [4.69, 9.17) is 5.73 Å². The molecule has 2 heteroatoms. The van der Waals surface area contributed by atoms with Crippen molar-refractivity contribution in [3.05, 3.63) is 0 Å². The summed E-state index contributed by atoms with van der Waals surface area (Å²) in [5.41, 5.74) is 6.56. The molecule has 4 atom stereocenters. The predicted molar refractivity (Wildman–Crippen MR) is 78.5 cm³/mol. The number of nitrogens with zero attached hydrogens (tertiary/aromatic N) is 1. The Morgan fingerprint density at radius 2 is 1.94 bits per heavy atom. The van der Waals surface area contributed by atoms with E-state index >= 15 is 0 Å². The monoisotopic (exact) mass is 252 g/mol. The van der Waals surface area contributed by atoms with Gasteiger partial charge in [-0.05, 0) is 56.4 Å². The van der Waals surface area contributed by atoms with E-state index in [1.807, 2.05) is 0 Å². The van der Waals surface area contributed by atoms with Gasteiger partial charge in [-0.15, -0.1) is 0 Å². The molecular weight excluding hydrogens is 220 g/mol. The van der Waals surface area contributed by atoms with E-state index in [2.05, 4.69) is 32.6 Å². The third-order valence-corrected chi connectivity index (χ3v) is 5.80. The predicted octanol–water partition coefficient (Wildman–Crippen LogP) is 3.26. The smallest absolute Gasteiger partial charge is 0.0337 e. The van der Waals surface area contributed by atoms with E-state index in [1.165, 1.54) is 38.6 Å². The molecule has 106 valence electrons. The van der Waals surface area contributed by atoms with Gasteiger partial charge >= 0.3 is 0 Å². The maximum Gasteiger partial charge on any atom is 0.0337 e. The van der Waals surface area contributed by atoms with Crippen LogP contribution in [0, 0.1) is 17.8 Å². The second kappa shape index (κ2) is 5.50. The molecule has 0 radical (unpaired) electrons. The van der Waals surface area contributed by atoms with Crippen LogP contribution in [-0.4, -0.2) is 29.6 Å². The molecule has 2 N–H and O–H groups in total. The Morgan fingerprint density at radius 1 is 1.22 bits per heavy atom. The van der Waals surface area contributed by atoms with Gasteiger partial charge < -0.3 is 5.73 Å². The van der Waals surface area contributed by atoms with Gasteiger partial charge in [0.15, 0.2) is 0 Å². The van der Waals surface area contributed by atoms with E-state index in [9.17, 15) is 0 Å². The zero-order chi connectivity index (χ0) is 13.3. The summed E-state index contributed by atoms with van der Waals surface area (Å²) >= 11 is 0. The molecule has 2 fully saturated rings. The Balaban J connectivity index is 2.16. The summed E-state index contributed by atoms with van der Waals surface area (Å²) in [6.07, 6.45) is 6.74. The van der Waals surface area contributed by atoms with Crippen molar-refractivity contribution < 1.29 is 0 Å². The lowest BCUT2D eigenvalue weighted by Crippen LogP contribution is -2.59. The summed E-state index contributed by atoms with van der Waals surface area (Å²) in [4.78, 5) is 2.81. The SMILES string of the molecule is CC(C)C1CCCN1C1(CN)CCC(C)C(C)C1. The van der Waals surface area contributed by atoms with Crippen molar-refractivity contribution in [2.75, 3.05) is 13.1 Å². The molecule has 1 heterocycles.